The Kier molecular flexibility index (Phi) is 11.9. The highest BCUT2D eigenvalue weighted by atomic mass is 16.5. The summed E-state index contributed by atoms with van der Waals surface area (Å²) in [5.41, 5.74) is -0.259. The molecule has 0 rings (SSSR count). The van der Waals surface area contributed by atoms with Gasteiger partial charge in [0.2, 0.25) is 0 Å². The number of hydrogen-bond acceptors (Lipinski definition) is 4. The third-order valence-corrected chi connectivity index (χ3v) is 5.29. The molecule has 27 heavy (non-hydrogen) atoms. The first-order chi connectivity index (χ1) is 12.4. The van der Waals surface area contributed by atoms with Gasteiger partial charge in [0.15, 0.2) is 5.92 Å². The van der Waals surface area contributed by atoms with Crippen LogP contribution in [-0.2, 0) is 14.3 Å². The molecule has 0 bridgehead atoms. The fraction of sp³-hybridized carbons (Fsp3) is 0.909. The Labute approximate surface area is 165 Å². The molecule has 0 aromatic heterocycles. The molecule has 0 amide bonds. The number of aliphatic carboxylic acids is 1. The van der Waals surface area contributed by atoms with E-state index in [2.05, 4.69) is 25.5 Å². The van der Waals surface area contributed by atoms with Crippen LogP contribution >= 0.6 is 0 Å². The van der Waals surface area contributed by atoms with Crippen molar-refractivity contribution in [1.82, 2.24) is 0 Å². The molecule has 0 aliphatic rings. The molecule has 0 aliphatic heterocycles. The molecule has 0 spiro atoms. The van der Waals surface area contributed by atoms with Crippen LogP contribution in [0.3, 0.4) is 0 Å². The van der Waals surface area contributed by atoms with E-state index >= 15 is 0 Å². The molecular weight excluding hydrogens is 344 g/mol. The number of esters is 1. The zero-order valence-electron chi connectivity index (χ0n) is 18.3. The van der Waals surface area contributed by atoms with Gasteiger partial charge in [0, 0.05) is 0 Å². The highest BCUT2D eigenvalue weighted by Crippen LogP contribution is 2.34. The van der Waals surface area contributed by atoms with Crippen LogP contribution in [0.15, 0.2) is 0 Å². The zero-order valence-corrected chi connectivity index (χ0v) is 18.3. The highest BCUT2D eigenvalue weighted by Gasteiger charge is 2.41. The molecule has 0 aliphatic carbocycles. The zero-order chi connectivity index (χ0) is 21.1. The van der Waals surface area contributed by atoms with E-state index in [0.717, 1.165) is 38.5 Å². The lowest BCUT2D eigenvalue weighted by molar-refractivity contribution is -0.162. The molecule has 5 heteroatoms. The van der Waals surface area contributed by atoms with Crippen LogP contribution in [0.4, 0.5) is 0 Å². The Balaban J connectivity index is 3.97. The van der Waals surface area contributed by atoms with Gasteiger partial charge in [-0.1, -0.05) is 73.1 Å². The second kappa shape index (κ2) is 12.4. The summed E-state index contributed by atoms with van der Waals surface area (Å²) >= 11 is 0. The van der Waals surface area contributed by atoms with Gasteiger partial charge in [-0.2, -0.15) is 0 Å². The molecule has 2 unspecified atom stereocenters. The summed E-state index contributed by atoms with van der Waals surface area (Å²) in [5.74, 6) is -2.95. The maximum atomic E-state index is 11.7. The van der Waals surface area contributed by atoms with Gasteiger partial charge in [0.05, 0.1) is 13.2 Å². The van der Waals surface area contributed by atoms with Gasteiger partial charge in [0.1, 0.15) is 0 Å². The number of aliphatic hydroxyl groups excluding tert-OH is 1. The monoisotopic (exact) mass is 386 g/mol. The standard InChI is InChI=1S/C22H42O5/c1-21(2,3)15-11-7-9-13-17(23)14-10-8-12-16-22(4,5)18(19(24)25)20(26)27-6/h17-18,23H,7-16H2,1-6H3,(H,24,25). The molecule has 5 nitrogen and oxygen atoms in total. The van der Waals surface area contributed by atoms with E-state index in [9.17, 15) is 19.8 Å². The van der Waals surface area contributed by atoms with Crippen LogP contribution in [0, 0.1) is 16.7 Å². The number of carbonyl (C=O) groups is 2. The largest absolute Gasteiger partial charge is 0.481 e. The van der Waals surface area contributed by atoms with Crippen LogP contribution in [0.1, 0.15) is 98.8 Å². The van der Waals surface area contributed by atoms with Crippen molar-refractivity contribution in [3.63, 3.8) is 0 Å². The average molecular weight is 387 g/mol. The number of unbranched alkanes of at least 4 members (excludes halogenated alkanes) is 4. The molecule has 0 aromatic rings. The molecule has 2 atom stereocenters. The van der Waals surface area contributed by atoms with Crippen LogP contribution in [-0.4, -0.2) is 35.4 Å². The molecule has 0 aromatic carbocycles. The lowest BCUT2D eigenvalue weighted by atomic mass is 9.75. The number of methoxy groups -OCH3 is 1. The number of aliphatic hydroxyl groups is 1. The van der Waals surface area contributed by atoms with Crippen molar-refractivity contribution in [2.75, 3.05) is 7.11 Å². The van der Waals surface area contributed by atoms with Gasteiger partial charge in [-0.25, -0.2) is 0 Å². The number of hydrogen-bond donors (Lipinski definition) is 2. The minimum Gasteiger partial charge on any atom is -0.481 e. The molecule has 0 fully saturated rings. The lowest BCUT2D eigenvalue weighted by Crippen LogP contribution is -2.38. The van der Waals surface area contributed by atoms with E-state index in [1.165, 1.54) is 26.4 Å². The lowest BCUT2D eigenvalue weighted by Gasteiger charge is -2.29. The maximum absolute atomic E-state index is 11.7. The fourth-order valence-corrected chi connectivity index (χ4v) is 3.51. The Bertz CT molecular complexity index is 436. The summed E-state index contributed by atoms with van der Waals surface area (Å²) in [5, 5.41) is 19.4. The molecular formula is C22H42O5. The van der Waals surface area contributed by atoms with Gasteiger partial charge in [-0.15, -0.1) is 0 Å². The van der Waals surface area contributed by atoms with E-state index in [0.29, 0.717) is 11.8 Å². The van der Waals surface area contributed by atoms with E-state index in [1.807, 2.05) is 0 Å². The Morgan fingerprint density at radius 2 is 1.33 bits per heavy atom. The normalized spacial score (nSPS) is 14.6. The average Bonchev–Trinajstić information content (AvgIpc) is 2.52. The maximum Gasteiger partial charge on any atom is 0.320 e. The first-order valence-corrected chi connectivity index (χ1v) is 10.4. The predicted molar refractivity (Wildman–Crippen MR) is 109 cm³/mol. The Hall–Kier alpha value is -1.10. The summed E-state index contributed by atoms with van der Waals surface area (Å²) in [6.45, 7) is 10.4. The van der Waals surface area contributed by atoms with Crippen molar-refractivity contribution in [2.24, 2.45) is 16.7 Å². The molecule has 160 valence electrons. The summed E-state index contributed by atoms with van der Waals surface area (Å²) in [6, 6.07) is 0. The number of rotatable bonds is 14. The molecule has 2 N–H and O–H groups in total. The first-order valence-electron chi connectivity index (χ1n) is 10.4. The summed E-state index contributed by atoms with van der Waals surface area (Å²) in [7, 11) is 1.22. The second-order valence-corrected chi connectivity index (χ2v) is 9.70. The van der Waals surface area contributed by atoms with Crippen molar-refractivity contribution < 1.29 is 24.5 Å². The minimum absolute atomic E-state index is 0.241. The Morgan fingerprint density at radius 3 is 1.74 bits per heavy atom. The van der Waals surface area contributed by atoms with E-state index in [1.54, 1.807) is 13.8 Å². The van der Waals surface area contributed by atoms with E-state index in [4.69, 9.17) is 0 Å². The van der Waals surface area contributed by atoms with Crippen molar-refractivity contribution >= 4 is 11.9 Å². The number of carboxylic acids is 1. The van der Waals surface area contributed by atoms with Crippen molar-refractivity contribution in [2.45, 2.75) is 105 Å². The third-order valence-electron chi connectivity index (χ3n) is 5.29. The van der Waals surface area contributed by atoms with E-state index < -0.39 is 23.3 Å². The van der Waals surface area contributed by atoms with Crippen LogP contribution in [0.2, 0.25) is 0 Å². The number of carboxylic acid groups (broad SMARTS) is 1. The second-order valence-electron chi connectivity index (χ2n) is 9.70. The Morgan fingerprint density at radius 1 is 0.852 bits per heavy atom. The molecule has 0 saturated heterocycles. The summed E-state index contributed by atoms with van der Waals surface area (Å²) in [6.07, 6.45) is 9.43. The molecule has 0 radical (unpaired) electrons. The van der Waals surface area contributed by atoms with Gasteiger partial charge < -0.3 is 14.9 Å². The smallest absolute Gasteiger partial charge is 0.320 e. The molecule has 0 heterocycles. The topological polar surface area (TPSA) is 83.8 Å². The van der Waals surface area contributed by atoms with Crippen molar-refractivity contribution in [3.8, 4) is 0 Å². The summed E-state index contributed by atoms with van der Waals surface area (Å²) < 4.78 is 4.64. The SMILES string of the molecule is COC(=O)C(C(=O)O)C(C)(C)CCCCCC(O)CCCCCC(C)(C)C. The quantitative estimate of drug-likeness (QED) is 0.244. The molecule has 0 saturated carbocycles. The summed E-state index contributed by atoms with van der Waals surface area (Å²) in [4.78, 5) is 23.1. The van der Waals surface area contributed by atoms with Crippen LogP contribution < -0.4 is 0 Å². The highest BCUT2D eigenvalue weighted by molar-refractivity contribution is 5.94. The van der Waals surface area contributed by atoms with Crippen LogP contribution in [0.25, 0.3) is 0 Å². The van der Waals surface area contributed by atoms with E-state index in [-0.39, 0.29) is 6.10 Å². The van der Waals surface area contributed by atoms with Gasteiger partial charge in [0.25, 0.3) is 0 Å². The van der Waals surface area contributed by atoms with Crippen molar-refractivity contribution in [1.29, 1.82) is 0 Å². The first kappa shape index (κ1) is 25.9. The van der Waals surface area contributed by atoms with Gasteiger partial charge >= 0.3 is 11.9 Å². The van der Waals surface area contributed by atoms with Gasteiger partial charge in [-0.05, 0) is 36.5 Å². The van der Waals surface area contributed by atoms with Crippen LogP contribution in [0.5, 0.6) is 0 Å². The van der Waals surface area contributed by atoms with Crippen molar-refractivity contribution in [3.05, 3.63) is 0 Å². The fourth-order valence-electron chi connectivity index (χ4n) is 3.51. The predicted octanol–water partition coefficient (Wildman–Crippen LogP) is 5.19. The number of ether oxygens (including phenoxy) is 1. The third kappa shape index (κ3) is 12.1. The van der Waals surface area contributed by atoms with Gasteiger partial charge in [-0.3, -0.25) is 9.59 Å². The number of carbonyl (C=O) groups excluding carboxylic acids is 1. The minimum atomic E-state index is -1.14.